The Morgan fingerprint density at radius 2 is 1.68 bits per heavy atom. The van der Waals surface area contributed by atoms with Crippen molar-refractivity contribution in [2.45, 2.75) is 6.92 Å². The van der Waals surface area contributed by atoms with Crippen molar-refractivity contribution >= 4 is 28.9 Å². The molecule has 0 unspecified atom stereocenters. The molecule has 5 heteroatoms. The normalized spacial score (nSPS) is 10.3. The van der Waals surface area contributed by atoms with Gasteiger partial charge in [-0.15, -0.1) is 11.3 Å². The number of carbonyl (C=O) groups excluding carboxylic acids is 2. The van der Waals surface area contributed by atoms with E-state index in [-0.39, 0.29) is 5.91 Å². The minimum atomic E-state index is -0.466. The van der Waals surface area contributed by atoms with Crippen molar-refractivity contribution in [3.05, 3.63) is 76.0 Å². The summed E-state index contributed by atoms with van der Waals surface area (Å²) in [7, 11) is 1.33. The zero-order valence-corrected chi connectivity index (χ0v) is 14.7. The summed E-state index contributed by atoms with van der Waals surface area (Å²) in [5.41, 5.74) is 3.81. The molecule has 4 nitrogen and oxygen atoms in total. The van der Waals surface area contributed by atoms with Crippen molar-refractivity contribution < 1.29 is 14.3 Å². The monoisotopic (exact) mass is 351 g/mol. The molecule has 0 saturated heterocycles. The molecule has 0 aliphatic rings. The smallest absolute Gasteiger partial charge is 0.350 e. The second-order valence-electron chi connectivity index (χ2n) is 5.53. The Hall–Kier alpha value is -2.92. The highest BCUT2D eigenvalue weighted by Gasteiger charge is 2.21. The number of rotatable bonds is 4. The van der Waals surface area contributed by atoms with Crippen molar-refractivity contribution in [2.24, 2.45) is 0 Å². The van der Waals surface area contributed by atoms with Crippen LogP contribution < -0.4 is 5.32 Å². The number of methoxy groups -OCH3 is 1. The van der Waals surface area contributed by atoms with Crippen LogP contribution in [0.3, 0.4) is 0 Å². The third-order valence-electron chi connectivity index (χ3n) is 3.80. The molecule has 1 amide bonds. The van der Waals surface area contributed by atoms with Gasteiger partial charge in [0.2, 0.25) is 0 Å². The molecule has 0 atom stereocenters. The minimum absolute atomic E-state index is 0.263. The molecular formula is C20H17NO3S. The fraction of sp³-hybridized carbons (Fsp3) is 0.100. The van der Waals surface area contributed by atoms with E-state index in [2.05, 4.69) is 5.32 Å². The van der Waals surface area contributed by atoms with Gasteiger partial charge in [-0.05, 0) is 24.6 Å². The van der Waals surface area contributed by atoms with Crippen LogP contribution in [-0.4, -0.2) is 19.0 Å². The lowest BCUT2D eigenvalue weighted by atomic mass is 10.1. The Labute approximate surface area is 150 Å². The summed E-state index contributed by atoms with van der Waals surface area (Å²) in [5.74, 6) is -0.730. The number of amides is 1. The third-order valence-corrected chi connectivity index (χ3v) is 4.76. The first kappa shape index (κ1) is 16.9. The average Bonchev–Trinajstić information content (AvgIpc) is 3.05. The number of thiophene rings is 1. The molecule has 0 fully saturated rings. The van der Waals surface area contributed by atoms with E-state index in [0.29, 0.717) is 16.1 Å². The van der Waals surface area contributed by atoms with E-state index in [1.807, 2.05) is 54.8 Å². The van der Waals surface area contributed by atoms with Gasteiger partial charge in [0.05, 0.1) is 12.8 Å². The lowest BCUT2D eigenvalue weighted by molar-refractivity contribution is 0.0607. The van der Waals surface area contributed by atoms with E-state index in [0.717, 1.165) is 16.7 Å². The van der Waals surface area contributed by atoms with Crippen molar-refractivity contribution in [3.63, 3.8) is 0 Å². The molecule has 0 saturated carbocycles. The maximum Gasteiger partial charge on any atom is 0.350 e. The molecule has 0 aliphatic carbocycles. The lowest BCUT2D eigenvalue weighted by Gasteiger charge is -2.10. The Kier molecular flexibility index (Phi) is 4.95. The van der Waals surface area contributed by atoms with Gasteiger partial charge in [-0.1, -0.05) is 48.0 Å². The largest absolute Gasteiger partial charge is 0.465 e. The van der Waals surface area contributed by atoms with E-state index >= 15 is 0 Å². The van der Waals surface area contributed by atoms with Gasteiger partial charge in [0.25, 0.3) is 5.91 Å². The number of hydrogen-bond acceptors (Lipinski definition) is 4. The molecule has 126 valence electrons. The van der Waals surface area contributed by atoms with Crippen LogP contribution in [0.4, 0.5) is 5.69 Å². The minimum Gasteiger partial charge on any atom is -0.465 e. The van der Waals surface area contributed by atoms with Gasteiger partial charge < -0.3 is 10.1 Å². The summed E-state index contributed by atoms with van der Waals surface area (Å²) in [5, 5.41) is 4.73. The summed E-state index contributed by atoms with van der Waals surface area (Å²) in [6, 6.07) is 16.9. The molecule has 3 aromatic rings. The summed E-state index contributed by atoms with van der Waals surface area (Å²) >= 11 is 1.25. The van der Waals surface area contributed by atoms with E-state index in [1.54, 1.807) is 12.1 Å². The molecule has 1 aromatic heterocycles. The number of aryl methyl sites for hydroxylation is 1. The molecular weight excluding hydrogens is 334 g/mol. The molecule has 1 heterocycles. The van der Waals surface area contributed by atoms with Gasteiger partial charge in [0, 0.05) is 16.5 Å². The van der Waals surface area contributed by atoms with Crippen LogP contribution >= 0.6 is 11.3 Å². The van der Waals surface area contributed by atoms with Gasteiger partial charge in [0.1, 0.15) is 4.88 Å². The fourth-order valence-corrected chi connectivity index (χ4v) is 3.39. The first-order chi connectivity index (χ1) is 12.1. The number of ether oxygens (including phenoxy) is 1. The molecule has 0 radical (unpaired) electrons. The van der Waals surface area contributed by atoms with Gasteiger partial charge in [-0.2, -0.15) is 0 Å². The fourth-order valence-electron chi connectivity index (χ4n) is 2.45. The van der Waals surface area contributed by atoms with Crippen molar-refractivity contribution in [3.8, 4) is 11.1 Å². The number of nitrogens with one attached hydrogen (secondary N) is 1. The summed E-state index contributed by atoms with van der Waals surface area (Å²) in [6.07, 6.45) is 0. The number of anilines is 1. The van der Waals surface area contributed by atoms with E-state index in [9.17, 15) is 9.59 Å². The van der Waals surface area contributed by atoms with Crippen molar-refractivity contribution in [2.75, 3.05) is 12.4 Å². The lowest BCUT2D eigenvalue weighted by Crippen LogP contribution is -2.14. The van der Waals surface area contributed by atoms with Crippen LogP contribution in [0.15, 0.2) is 60.0 Å². The topological polar surface area (TPSA) is 55.4 Å². The maximum atomic E-state index is 12.6. The Morgan fingerprint density at radius 3 is 2.32 bits per heavy atom. The van der Waals surface area contributed by atoms with Crippen LogP contribution in [0.2, 0.25) is 0 Å². The predicted octanol–water partition coefficient (Wildman–Crippen LogP) is 4.76. The summed E-state index contributed by atoms with van der Waals surface area (Å²) in [6.45, 7) is 1.96. The first-order valence-electron chi connectivity index (χ1n) is 7.73. The van der Waals surface area contributed by atoms with Crippen molar-refractivity contribution in [1.82, 2.24) is 0 Å². The average molecular weight is 351 g/mol. The zero-order valence-electron chi connectivity index (χ0n) is 13.9. The Morgan fingerprint density at radius 1 is 1.00 bits per heavy atom. The molecule has 2 aromatic carbocycles. The summed E-state index contributed by atoms with van der Waals surface area (Å²) in [4.78, 5) is 25.1. The molecule has 1 N–H and O–H groups in total. The van der Waals surface area contributed by atoms with Crippen LogP contribution in [-0.2, 0) is 4.74 Å². The standard InChI is InChI=1S/C20H17NO3S/c1-13-8-10-15(11-9-13)19(22)21-17-16(14-6-4-3-5-7-14)12-25-18(17)20(23)24-2/h3-12H,1-2H3,(H,21,22). The second kappa shape index (κ2) is 7.32. The number of benzene rings is 2. The predicted molar refractivity (Wildman–Crippen MR) is 100 cm³/mol. The molecule has 0 aliphatic heterocycles. The number of hydrogen-bond donors (Lipinski definition) is 1. The Balaban J connectivity index is 2.00. The van der Waals surface area contributed by atoms with Crippen LogP contribution in [0.5, 0.6) is 0 Å². The van der Waals surface area contributed by atoms with Crippen LogP contribution in [0.25, 0.3) is 11.1 Å². The molecule has 25 heavy (non-hydrogen) atoms. The summed E-state index contributed by atoms with van der Waals surface area (Å²) < 4.78 is 4.85. The quantitative estimate of drug-likeness (QED) is 0.689. The van der Waals surface area contributed by atoms with Gasteiger partial charge in [-0.25, -0.2) is 4.79 Å². The molecule has 3 rings (SSSR count). The highest BCUT2D eigenvalue weighted by molar-refractivity contribution is 7.13. The van der Waals surface area contributed by atoms with Crippen molar-refractivity contribution in [1.29, 1.82) is 0 Å². The highest BCUT2D eigenvalue weighted by atomic mass is 32.1. The molecule has 0 spiro atoms. The number of carbonyl (C=O) groups is 2. The second-order valence-corrected chi connectivity index (χ2v) is 6.41. The van der Waals surface area contributed by atoms with Gasteiger partial charge in [-0.3, -0.25) is 4.79 Å². The SMILES string of the molecule is COC(=O)c1scc(-c2ccccc2)c1NC(=O)c1ccc(C)cc1. The highest BCUT2D eigenvalue weighted by Crippen LogP contribution is 2.37. The van der Waals surface area contributed by atoms with Crippen LogP contribution in [0, 0.1) is 6.92 Å². The molecule has 0 bridgehead atoms. The van der Waals surface area contributed by atoms with E-state index in [1.165, 1.54) is 18.4 Å². The Bertz CT molecular complexity index is 898. The zero-order chi connectivity index (χ0) is 17.8. The third kappa shape index (κ3) is 3.61. The van der Waals surface area contributed by atoms with Gasteiger partial charge in [0.15, 0.2) is 0 Å². The van der Waals surface area contributed by atoms with E-state index < -0.39 is 5.97 Å². The van der Waals surface area contributed by atoms with Crippen LogP contribution in [0.1, 0.15) is 25.6 Å². The first-order valence-corrected chi connectivity index (χ1v) is 8.61. The maximum absolute atomic E-state index is 12.6. The number of esters is 1. The van der Waals surface area contributed by atoms with E-state index in [4.69, 9.17) is 4.74 Å². The van der Waals surface area contributed by atoms with Gasteiger partial charge >= 0.3 is 5.97 Å².